The molecule has 2 aliphatic rings. The molecule has 3 rings (SSSR count). The van der Waals surface area contributed by atoms with Crippen LogP contribution >= 0.6 is 11.6 Å². The molecule has 1 aliphatic carbocycles. The van der Waals surface area contributed by atoms with Gasteiger partial charge in [-0.05, 0) is 37.0 Å². The molecule has 80 valence electrons. The maximum absolute atomic E-state index is 5.98. The Hall–Kier alpha value is -0.730. The smallest absolute Gasteiger partial charge is 0.0426 e. The van der Waals surface area contributed by atoms with Crippen molar-refractivity contribution in [2.45, 2.75) is 31.3 Å². The SMILES string of the molecule is Clc1ccc2c(c1)NCCC2NC1CC1. The molecular formula is C12H15ClN2. The Balaban J connectivity index is 1.87. The van der Waals surface area contributed by atoms with Gasteiger partial charge in [-0.15, -0.1) is 0 Å². The predicted molar refractivity (Wildman–Crippen MR) is 63.5 cm³/mol. The zero-order chi connectivity index (χ0) is 10.3. The fourth-order valence-electron chi connectivity index (χ4n) is 2.20. The summed E-state index contributed by atoms with van der Waals surface area (Å²) < 4.78 is 0. The van der Waals surface area contributed by atoms with E-state index in [-0.39, 0.29) is 0 Å². The maximum Gasteiger partial charge on any atom is 0.0426 e. The molecule has 0 spiro atoms. The molecule has 1 unspecified atom stereocenters. The zero-order valence-electron chi connectivity index (χ0n) is 8.59. The summed E-state index contributed by atoms with van der Waals surface area (Å²) in [6.45, 7) is 1.04. The minimum Gasteiger partial charge on any atom is -0.385 e. The maximum atomic E-state index is 5.98. The number of nitrogens with one attached hydrogen (secondary N) is 2. The normalized spacial score (nSPS) is 24.5. The van der Waals surface area contributed by atoms with Gasteiger partial charge in [-0.2, -0.15) is 0 Å². The topological polar surface area (TPSA) is 24.1 Å². The Morgan fingerprint density at radius 1 is 1.27 bits per heavy atom. The van der Waals surface area contributed by atoms with Crippen molar-refractivity contribution in [1.82, 2.24) is 5.32 Å². The average molecular weight is 223 g/mol. The highest BCUT2D eigenvalue weighted by atomic mass is 35.5. The van der Waals surface area contributed by atoms with E-state index in [0.717, 1.165) is 17.6 Å². The fraction of sp³-hybridized carbons (Fsp3) is 0.500. The molecule has 1 fully saturated rings. The highest BCUT2D eigenvalue weighted by Gasteiger charge is 2.27. The van der Waals surface area contributed by atoms with Crippen molar-refractivity contribution in [2.24, 2.45) is 0 Å². The number of hydrogen-bond donors (Lipinski definition) is 2. The molecule has 15 heavy (non-hydrogen) atoms. The van der Waals surface area contributed by atoms with E-state index in [1.807, 2.05) is 12.1 Å². The molecule has 0 radical (unpaired) electrons. The summed E-state index contributed by atoms with van der Waals surface area (Å²) in [5, 5.41) is 7.90. The van der Waals surface area contributed by atoms with Crippen molar-refractivity contribution in [3.05, 3.63) is 28.8 Å². The molecule has 1 saturated carbocycles. The van der Waals surface area contributed by atoms with E-state index in [0.29, 0.717) is 6.04 Å². The Labute approximate surface area is 95.0 Å². The van der Waals surface area contributed by atoms with Crippen LogP contribution in [0.4, 0.5) is 5.69 Å². The molecule has 1 aromatic carbocycles. The van der Waals surface area contributed by atoms with Gasteiger partial charge in [0.25, 0.3) is 0 Å². The lowest BCUT2D eigenvalue weighted by atomic mass is 9.98. The lowest BCUT2D eigenvalue weighted by molar-refractivity contribution is 0.498. The van der Waals surface area contributed by atoms with Gasteiger partial charge in [-0.1, -0.05) is 17.7 Å². The Bertz CT molecular complexity index is 374. The number of fused-ring (bicyclic) bond motifs is 1. The monoisotopic (exact) mass is 222 g/mol. The molecule has 1 atom stereocenters. The van der Waals surface area contributed by atoms with Gasteiger partial charge < -0.3 is 10.6 Å². The third kappa shape index (κ3) is 1.97. The summed E-state index contributed by atoms with van der Waals surface area (Å²) in [4.78, 5) is 0. The van der Waals surface area contributed by atoms with Crippen LogP contribution in [0, 0.1) is 0 Å². The quantitative estimate of drug-likeness (QED) is 0.804. The second-order valence-electron chi connectivity index (χ2n) is 4.44. The van der Waals surface area contributed by atoms with Gasteiger partial charge in [0, 0.05) is 29.3 Å². The predicted octanol–water partition coefficient (Wildman–Crippen LogP) is 2.95. The third-order valence-corrected chi connectivity index (χ3v) is 3.39. The van der Waals surface area contributed by atoms with E-state index in [4.69, 9.17) is 11.6 Å². The summed E-state index contributed by atoms with van der Waals surface area (Å²) in [5.74, 6) is 0. The molecule has 2 N–H and O–H groups in total. The van der Waals surface area contributed by atoms with E-state index < -0.39 is 0 Å². The Kier molecular flexibility index (Phi) is 2.33. The first-order chi connectivity index (χ1) is 7.33. The molecule has 0 saturated heterocycles. The van der Waals surface area contributed by atoms with E-state index in [9.17, 15) is 0 Å². The number of anilines is 1. The van der Waals surface area contributed by atoms with E-state index in [2.05, 4.69) is 16.7 Å². The van der Waals surface area contributed by atoms with Crippen LogP contribution in [0.15, 0.2) is 18.2 Å². The van der Waals surface area contributed by atoms with E-state index >= 15 is 0 Å². The molecular weight excluding hydrogens is 208 g/mol. The lowest BCUT2D eigenvalue weighted by Crippen LogP contribution is -2.29. The van der Waals surface area contributed by atoms with Gasteiger partial charge >= 0.3 is 0 Å². The van der Waals surface area contributed by atoms with E-state index in [1.165, 1.54) is 30.5 Å². The zero-order valence-corrected chi connectivity index (χ0v) is 9.35. The third-order valence-electron chi connectivity index (χ3n) is 3.15. The van der Waals surface area contributed by atoms with Crippen LogP contribution in [0.5, 0.6) is 0 Å². The molecule has 0 aromatic heterocycles. The van der Waals surface area contributed by atoms with Gasteiger partial charge in [0.15, 0.2) is 0 Å². The van der Waals surface area contributed by atoms with Crippen LogP contribution in [0.1, 0.15) is 30.9 Å². The van der Waals surface area contributed by atoms with Gasteiger partial charge in [-0.3, -0.25) is 0 Å². The summed E-state index contributed by atoms with van der Waals surface area (Å²) in [7, 11) is 0. The first kappa shape index (κ1) is 9.49. The van der Waals surface area contributed by atoms with Gasteiger partial charge in [0.05, 0.1) is 0 Å². The first-order valence-corrected chi connectivity index (χ1v) is 6.00. The number of hydrogen-bond acceptors (Lipinski definition) is 2. The van der Waals surface area contributed by atoms with Crippen molar-refractivity contribution in [1.29, 1.82) is 0 Å². The standard InChI is InChI=1S/C12H15ClN2/c13-8-1-4-10-11(15-9-2-3-9)5-6-14-12(10)7-8/h1,4,7,9,11,14-15H,2-3,5-6H2. The van der Waals surface area contributed by atoms with Crippen LogP contribution in [0.2, 0.25) is 5.02 Å². The van der Waals surface area contributed by atoms with Gasteiger partial charge in [0.2, 0.25) is 0 Å². The van der Waals surface area contributed by atoms with Crippen LogP contribution in [0.25, 0.3) is 0 Å². The summed E-state index contributed by atoms with van der Waals surface area (Å²) in [6.07, 6.45) is 3.85. The molecule has 2 nitrogen and oxygen atoms in total. The number of benzene rings is 1. The van der Waals surface area contributed by atoms with Crippen LogP contribution in [-0.4, -0.2) is 12.6 Å². The van der Waals surface area contributed by atoms with Crippen LogP contribution in [0.3, 0.4) is 0 Å². The van der Waals surface area contributed by atoms with Gasteiger partial charge in [0.1, 0.15) is 0 Å². The van der Waals surface area contributed by atoms with Crippen molar-refractivity contribution in [3.8, 4) is 0 Å². The minimum absolute atomic E-state index is 0.519. The highest BCUT2D eigenvalue weighted by molar-refractivity contribution is 6.30. The van der Waals surface area contributed by atoms with E-state index in [1.54, 1.807) is 0 Å². The minimum atomic E-state index is 0.519. The molecule has 1 aromatic rings. The summed E-state index contributed by atoms with van der Waals surface area (Å²) in [5.41, 5.74) is 2.57. The Morgan fingerprint density at radius 2 is 2.13 bits per heavy atom. The van der Waals surface area contributed by atoms with Crippen molar-refractivity contribution in [2.75, 3.05) is 11.9 Å². The number of halogens is 1. The molecule has 0 amide bonds. The average Bonchev–Trinajstić information content (AvgIpc) is 3.01. The first-order valence-electron chi connectivity index (χ1n) is 5.62. The fourth-order valence-corrected chi connectivity index (χ4v) is 2.37. The Morgan fingerprint density at radius 3 is 2.93 bits per heavy atom. The lowest BCUT2D eigenvalue weighted by Gasteiger charge is -2.27. The summed E-state index contributed by atoms with van der Waals surface area (Å²) in [6, 6.07) is 7.43. The molecule has 1 aliphatic heterocycles. The second kappa shape index (κ2) is 3.69. The van der Waals surface area contributed by atoms with Crippen molar-refractivity contribution in [3.63, 3.8) is 0 Å². The molecule has 1 heterocycles. The second-order valence-corrected chi connectivity index (χ2v) is 4.88. The van der Waals surface area contributed by atoms with Crippen LogP contribution < -0.4 is 10.6 Å². The highest BCUT2D eigenvalue weighted by Crippen LogP contribution is 2.34. The van der Waals surface area contributed by atoms with Crippen molar-refractivity contribution >= 4 is 17.3 Å². The van der Waals surface area contributed by atoms with Gasteiger partial charge in [-0.25, -0.2) is 0 Å². The van der Waals surface area contributed by atoms with Crippen molar-refractivity contribution < 1.29 is 0 Å². The van der Waals surface area contributed by atoms with Crippen LogP contribution in [-0.2, 0) is 0 Å². The largest absolute Gasteiger partial charge is 0.385 e. The molecule has 3 heteroatoms. The summed E-state index contributed by atoms with van der Waals surface area (Å²) >= 11 is 5.98. The molecule has 0 bridgehead atoms. The number of rotatable bonds is 2.